The van der Waals surface area contributed by atoms with Crippen molar-refractivity contribution in [2.24, 2.45) is 11.7 Å². The minimum Gasteiger partial charge on any atom is -0.336 e. The maximum atomic E-state index is 12.2. The van der Waals surface area contributed by atoms with E-state index < -0.39 is 0 Å². The van der Waals surface area contributed by atoms with E-state index in [2.05, 4.69) is 15.2 Å². The van der Waals surface area contributed by atoms with Gasteiger partial charge in [-0.3, -0.25) is 9.89 Å². The SMILES string of the molecule is CC(C)c1nc(C(=O)N2CCCC(CN)C2)n[nH]1. The summed E-state index contributed by atoms with van der Waals surface area (Å²) in [4.78, 5) is 18.3. The van der Waals surface area contributed by atoms with Crippen LogP contribution in [0.5, 0.6) is 0 Å². The van der Waals surface area contributed by atoms with Crippen molar-refractivity contribution in [3.05, 3.63) is 11.6 Å². The number of carbonyl (C=O) groups excluding carboxylic acids is 1. The van der Waals surface area contributed by atoms with Gasteiger partial charge in [-0.2, -0.15) is 0 Å². The molecule has 6 heteroatoms. The fraction of sp³-hybridized carbons (Fsp3) is 0.750. The zero-order valence-corrected chi connectivity index (χ0v) is 11.0. The summed E-state index contributed by atoms with van der Waals surface area (Å²) < 4.78 is 0. The van der Waals surface area contributed by atoms with Gasteiger partial charge in [0.2, 0.25) is 5.82 Å². The molecule has 0 aromatic carbocycles. The summed E-state index contributed by atoms with van der Waals surface area (Å²) in [7, 11) is 0. The second kappa shape index (κ2) is 5.48. The number of rotatable bonds is 3. The van der Waals surface area contributed by atoms with Gasteiger partial charge in [0.15, 0.2) is 0 Å². The van der Waals surface area contributed by atoms with Gasteiger partial charge in [0.05, 0.1) is 0 Å². The van der Waals surface area contributed by atoms with Crippen LogP contribution < -0.4 is 5.73 Å². The fourth-order valence-electron chi connectivity index (χ4n) is 2.21. The quantitative estimate of drug-likeness (QED) is 0.829. The van der Waals surface area contributed by atoms with Crippen LogP contribution in [-0.4, -0.2) is 45.6 Å². The second-order valence-corrected chi connectivity index (χ2v) is 5.19. The molecule has 3 N–H and O–H groups in total. The topological polar surface area (TPSA) is 87.9 Å². The summed E-state index contributed by atoms with van der Waals surface area (Å²) in [6.45, 7) is 6.16. The van der Waals surface area contributed by atoms with Crippen LogP contribution in [0.2, 0.25) is 0 Å². The Labute approximate surface area is 107 Å². The van der Waals surface area contributed by atoms with Gasteiger partial charge in [0.25, 0.3) is 5.91 Å². The van der Waals surface area contributed by atoms with E-state index >= 15 is 0 Å². The smallest absolute Gasteiger partial charge is 0.293 e. The van der Waals surface area contributed by atoms with Gasteiger partial charge in [-0.1, -0.05) is 13.8 Å². The first-order valence-electron chi connectivity index (χ1n) is 6.53. The van der Waals surface area contributed by atoms with E-state index in [4.69, 9.17) is 5.73 Å². The molecule has 0 saturated carbocycles. The summed E-state index contributed by atoms with van der Waals surface area (Å²) in [5.74, 6) is 1.60. The standard InChI is InChI=1S/C12H21N5O/c1-8(2)10-14-11(16-15-10)12(18)17-5-3-4-9(6-13)7-17/h8-9H,3-7,13H2,1-2H3,(H,14,15,16). The Kier molecular flexibility index (Phi) is 3.96. The lowest BCUT2D eigenvalue weighted by molar-refractivity contribution is 0.0666. The van der Waals surface area contributed by atoms with E-state index in [0.717, 1.165) is 31.8 Å². The van der Waals surface area contributed by atoms with E-state index in [1.54, 1.807) is 0 Å². The second-order valence-electron chi connectivity index (χ2n) is 5.19. The normalized spacial score (nSPS) is 20.4. The van der Waals surface area contributed by atoms with E-state index in [9.17, 15) is 4.79 Å². The summed E-state index contributed by atoms with van der Waals surface area (Å²) in [5.41, 5.74) is 5.67. The Bertz CT molecular complexity index is 414. The molecule has 1 fully saturated rings. The molecule has 100 valence electrons. The van der Waals surface area contributed by atoms with Crippen LogP contribution in [0.25, 0.3) is 0 Å². The minimum atomic E-state index is -0.0868. The van der Waals surface area contributed by atoms with Crippen LogP contribution in [-0.2, 0) is 0 Å². The highest BCUT2D eigenvalue weighted by atomic mass is 16.2. The van der Waals surface area contributed by atoms with Crippen molar-refractivity contribution >= 4 is 5.91 Å². The maximum Gasteiger partial charge on any atom is 0.293 e. The van der Waals surface area contributed by atoms with E-state index in [1.807, 2.05) is 18.7 Å². The molecule has 0 aliphatic carbocycles. The number of nitrogens with two attached hydrogens (primary N) is 1. The third-order valence-corrected chi connectivity index (χ3v) is 3.38. The van der Waals surface area contributed by atoms with Gasteiger partial charge < -0.3 is 10.6 Å². The van der Waals surface area contributed by atoms with Gasteiger partial charge in [0, 0.05) is 19.0 Å². The fourth-order valence-corrected chi connectivity index (χ4v) is 2.21. The van der Waals surface area contributed by atoms with Crippen LogP contribution in [0.1, 0.15) is 49.1 Å². The molecule has 1 atom stereocenters. The number of likely N-dealkylation sites (tertiary alicyclic amines) is 1. The molecule has 1 aromatic rings. The number of aromatic amines is 1. The first-order chi connectivity index (χ1) is 8.61. The van der Waals surface area contributed by atoms with Crippen molar-refractivity contribution in [1.82, 2.24) is 20.1 Å². The number of nitrogens with zero attached hydrogens (tertiary/aromatic N) is 3. The molecular formula is C12H21N5O. The van der Waals surface area contributed by atoms with Gasteiger partial charge in [-0.25, -0.2) is 4.98 Å². The van der Waals surface area contributed by atoms with Crippen molar-refractivity contribution < 1.29 is 4.79 Å². The zero-order valence-electron chi connectivity index (χ0n) is 11.0. The predicted molar refractivity (Wildman–Crippen MR) is 68.2 cm³/mol. The van der Waals surface area contributed by atoms with E-state index in [-0.39, 0.29) is 17.6 Å². The average Bonchev–Trinajstić information content (AvgIpc) is 2.87. The van der Waals surface area contributed by atoms with Crippen LogP contribution in [0.3, 0.4) is 0 Å². The number of piperidine rings is 1. The van der Waals surface area contributed by atoms with Crippen molar-refractivity contribution in [3.8, 4) is 0 Å². The highest BCUT2D eigenvalue weighted by Gasteiger charge is 2.26. The number of carbonyl (C=O) groups is 1. The molecular weight excluding hydrogens is 230 g/mol. The molecule has 1 aliphatic heterocycles. The van der Waals surface area contributed by atoms with Crippen LogP contribution in [0.15, 0.2) is 0 Å². The molecule has 1 aliphatic rings. The summed E-state index contributed by atoms with van der Waals surface area (Å²) >= 11 is 0. The molecule has 0 bridgehead atoms. The largest absolute Gasteiger partial charge is 0.336 e. The Morgan fingerprint density at radius 2 is 2.39 bits per heavy atom. The molecule has 1 amide bonds. The summed E-state index contributed by atoms with van der Waals surface area (Å²) in [5, 5.41) is 6.82. The molecule has 1 aromatic heterocycles. The Morgan fingerprint density at radius 3 is 3.00 bits per heavy atom. The van der Waals surface area contributed by atoms with Gasteiger partial charge >= 0.3 is 0 Å². The van der Waals surface area contributed by atoms with Crippen LogP contribution in [0, 0.1) is 5.92 Å². The number of aromatic nitrogens is 3. The number of amides is 1. The van der Waals surface area contributed by atoms with Crippen LogP contribution >= 0.6 is 0 Å². The molecule has 2 rings (SSSR count). The molecule has 18 heavy (non-hydrogen) atoms. The molecule has 1 saturated heterocycles. The lowest BCUT2D eigenvalue weighted by atomic mass is 9.98. The van der Waals surface area contributed by atoms with Crippen LogP contribution in [0.4, 0.5) is 0 Å². The minimum absolute atomic E-state index is 0.0868. The van der Waals surface area contributed by atoms with Gasteiger partial charge in [-0.15, -0.1) is 5.10 Å². The highest BCUT2D eigenvalue weighted by Crippen LogP contribution is 2.17. The highest BCUT2D eigenvalue weighted by molar-refractivity contribution is 5.90. The Morgan fingerprint density at radius 1 is 1.61 bits per heavy atom. The number of nitrogens with one attached hydrogen (secondary N) is 1. The molecule has 1 unspecified atom stereocenters. The number of hydrogen-bond acceptors (Lipinski definition) is 4. The third kappa shape index (κ3) is 2.69. The van der Waals surface area contributed by atoms with Crippen molar-refractivity contribution in [1.29, 1.82) is 0 Å². The predicted octanol–water partition coefficient (Wildman–Crippen LogP) is 0.739. The van der Waals surface area contributed by atoms with Crippen molar-refractivity contribution in [2.45, 2.75) is 32.6 Å². The Hall–Kier alpha value is -1.43. The molecule has 0 radical (unpaired) electrons. The monoisotopic (exact) mass is 251 g/mol. The van der Waals surface area contributed by atoms with Crippen molar-refractivity contribution in [3.63, 3.8) is 0 Å². The number of hydrogen-bond donors (Lipinski definition) is 2. The maximum absolute atomic E-state index is 12.2. The zero-order chi connectivity index (χ0) is 13.1. The molecule has 2 heterocycles. The first-order valence-corrected chi connectivity index (χ1v) is 6.53. The summed E-state index contributed by atoms with van der Waals surface area (Å²) in [6.07, 6.45) is 2.11. The lowest BCUT2D eigenvalue weighted by Crippen LogP contribution is -2.42. The molecule has 6 nitrogen and oxygen atoms in total. The Balaban J connectivity index is 2.05. The summed E-state index contributed by atoms with van der Waals surface area (Å²) in [6, 6.07) is 0. The van der Waals surface area contributed by atoms with Gasteiger partial charge in [-0.05, 0) is 25.3 Å². The van der Waals surface area contributed by atoms with Crippen molar-refractivity contribution in [2.75, 3.05) is 19.6 Å². The van der Waals surface area contributed by atoms with Gasteiger partial charge in [0.1, 0.15) is 5.82 Å². The lowest BCUT2D eigenvalue weighted by Gasteiger charge is -2.31. The first kappa shape index (κ1) is 13.0. The van der Waals surface area contributed by atoms with E-state index in [0.29, 0.717) is 12.5 Å². The van der Waals surface area contributed by atoms with E-state index in [1.165, 1.54) is 0 Å². The average molecular weight is 251 g/mol. The third-order valence-electron chi connectivity index (χ3n) is 3.38. The molecule has 0 spiro atoms. The number of H-pyrrole nitrogens is 1.